The van der Waals surface area contributed by atoms with Gasteiger partial charge in [-0.3, -0.25) is 9.52 Å². The molecule has 10 heteroatoms. The Labute approximate surface area is 185 Å². The number of benzene rings is 3. The van der Waals surface area contributed by atoms with Crippen molar-refractivity contribution in [3.63, 3.8) is 0 Å². The Morgan fingerprint density at radius 3 is 2.19 bits per heavy atom. The molecule has 9 nitrogen and oxygen atoms in total. The van der Waals surface area contributed by atoms with E-state index >= 15 is 0 Å². The molecule has 0 aromatic heterocycles. The maximum atomic E-state index is 12.9. The molecule has 0 aliphatic rings. The topological polar surface area (TPSA) is 123 Å². The average molecular weight is 458 g/mol. The summed E-state index contributed by atoms with van der Waals surface area (Å²) in [5.74, 6) is 0.268. The Kier molecular flexibility index (Phi) is 6.74. The standard InChI is InChI=1S/C22H22N2O7S/c1-29-19-7-5-4-6-16(19)24-32(27,28)15-9-10-18(25)17(13-15)23-22(26)14-8-11-20(30-2)21(12-14)31-3/h4-13,24-25H,1-3H3,(H,23,26). The molecule has 3 aromatic rings. The molecule has 0 aliphatic carbocycles. The van der Waals surface area contributed by atoms with Crippen LogP contribution in [-0.2, 0) is 10.0 Å². The number of aromatic hydroxyl groups is 1. The number of anilines is 2. The average Bonchev–Trinajstić information content (AvgIpc) is 2.79. The number of carbonyl (C=O) groups excluding carboxylic acids is 1. The van der Waals surface area contributed by atoms with Crippen LogP contribution < -0.4 is 24.2 Å². The molecule has 0 atom stereocenters. The molecular formula is C22H22N2O7S. The lowest BCUT2D eigenvalue weighted by atomic mass is 10.1. The fourth-order valence-corrected chi connectivity index (χ4v) is 3.98. The summed E-state index contributed by atoms with van der Waals surface area (Å²) in [4.78, 5) is 12.5. The van der Waals surface area contributed by atoms with Gasteiger partial charge in [0.15, 0.2) is 11.5 Å². The minimum Gasteiger partial charge on any atom is -0.506 e. The second-order valence-corrected chi connectivity index (χ2v) is 8.19. The van der Waals surface area contributed by atoms with E-state index in [-0.39, 0.29) is 27.6 Å². The third-order valence-corrected chi connectivity index (χ3v) is 5.89. The van der Waals surface area contributed by atoms with Gasteiger partial charge in [0, 0.05) is 5.56 Å². The number of carbonyl (C=O) groups is 1. The highest BCUT2D eigenvalue weighted by Gasteiger charge is 2.20. The van der Waals surface area contributed by atoms with Crippen molar-refractivity contribution >= 4 is 27.3 Å². The van der Waals surface area contributed by atoms with E-state index in [9.17, 15) is 18.3 Å². The van der Waals surface area contributed by atoms with Gasteiger partial charge in [-0.15, -0.1) is 0 Å². The molecule has 168 valence electrons. The molecule has 32 heavy (non-hydrogen) atoms. The van der Waals surface area contributed by atoms with Gasteiger partial charge in [-0.1, -0.05) is 12.1 Å². The Morgan fingerprint density at radius 2 is 1.50 bits per heavy atom. The Balaban J connectivity index is 1.88. The molecule has 3 rings (SSSR count). The first kappa shape index (κ1) is 22.8. The van der Waals surface area contributed by atoms with Gasteiger partial charge in [0.2, 0.25) is 0 Å². The summed E-state index contributed by atoms with van der Waals surface area (Å²) in [6, 6.07) is 14.6. The van der Waals surface area contributed by atoms with Crippen molar-refractivity contribution in [3.8, 4) is 23.0 Å². The number of sulfonamides is 1. The molecule has 0 unspecified atom stereocenters. The van der Waals surface area contributed by atoms with Crippen molar-refractivity contribution in [1.29, 1.82) is 0 Å². The van der Waals surface area contributed by atoms with Crippen LogP contribution in [0.2, 0.25) is 0 Å². The number of para-hydroxylation sites is 2. The van der Waals surface area contributed by atoms with Gasteiger partial charge in [0.1, 0.15) is 11.5 Å². The molecule has 0 saturated carbocycles. The maximum absolute atomic E-state index is 12.9. The lowest BCUT2D eigenvalue weighted by molar-refractivity contribution is 0.102. The van der Waals surface area contributed by atoms with Gasteiger partial charge < -0.3 is 24.6 Å². The highest BCUT2D eigenvalue weighted by Crippen LogP contribution is 2.31. The van der Waals surface area contributed by atoms with E-state index in [0.717, 1.165) is 6.07 Å². The zero-order valence-corrected chi connectivity index (χ0v) is 18.4. The third kappa shape index (κ3) is 4.86. The van der Waals surface area contributed by atoms with E-state index < -0.39 is 15.9 Å². The first-order valence-electron chi connectivity index (χ1n) is 9.31. The van der Waals surface area contributed by atoms with Crippen LogP contribution in [0.25, 0.3) is 0 Å². The SMILES string of the molecule is COc1ccccc1NS(=O)(=O)c1ccc(O)c(NC(=O)c2ccc(OC)c(OC)c2)c1. The number of hydrogen-bond acceptors (Lipinski definition) is 7. The van der Waals surface area contributed by atoms with E-state index in [1.165, 1.54) is 45.6 Å². The van der Waals surface area contributed by atoms with E-state index in [1.54, 1.807) is 30.3 Å². The van der Waals surface area contributed by atoms with Gasteiger partial charge in [-0.05, 0) is 48.5 Å². The normalized spacial score (nSPS) is 10.8. The number of phenolic OH excluding ortho intramolecular Hbond substituents is 1. The fraction of sp³-hybridized carbons (Fsp3) is 0.136. The number of hydrogen-bond donors (Lipinski definition) is 3. The van der Waals surface area contributed by atoms with E-state index in [2.05, 4.69) is 10.0 Å². The molecule has 0 aliphatic heterocycles. The highest BCUT2D eigenvalue weighted by molar-refractivity contribution is 7.92. The van der Waals surface area contributed by atoms with Gasteiger partial charge in [0.05, 0.1) is 37.6 Å². The Morgan fingerprint density at radius 1 is 0.812 bits per heavy atom. The van der Waals surface area contributed by atoms with Crippen molar-refractivity contribution in [2.75, 3.05) is 31.4 Å². The van der Waals surface area contributed by atoms with Crippen LogP contribution in [0.4, 0.5) is 11.4 Å². The van der Waals surface area contributed by atoms with Crippen LogP contribution in [0.3, 0.4) is 0 Å². The molecule has 0 fully saturated rings. The van der Waals surface area contributed by atoms with Gasteiger partial charge >= 0.3 is 0 Å². The minimum atomic E-state index is -4.03. The summed E-state index contributed by atoms with van der Waals surface area (Å²) in [6.45, 7) is 0. The lowest BCUT2D eigenvalue weighted by Crippen LogP contribution is -2.15. The minimum absolute atomic E-state index is 0.0762. The van der Waals surface area contributed by atoms with E-state index in [1.807, 2.05) is 0 Å². The summed E-state index contributed by atoms with van der Waals surface area (Å²) >= 11 is 0. The number of ether oxygens (including phenoxy) is 3. The van der Waals surface area contributed by atoms with Crippen LogP contribution in [-0.4, -0.2) is 40.8 Å². The van der Waals surface area contributed by atoms with Crippen molar-refractivity contribution in [3.05, 3.63) is 66.2 Å². The van der Waals surface area contributed by atoms with Crippen LogP contribution in [0.1, 0.15) is 10.4 Å². The lowest BCUT2D eigenvalue weighted by Gasteiger charge is -2.14. The number of phenols is 1. The van der Waals surface area contributed by atoms with Crippen molar-refractivity contribution in [2.24, 2.45) is 0 Å². The zero-order chi connectivity index (χ0) is 23.3. The number of amides is 1. The van der Waals surface area contributed by atoms with Crippen molar-refractivity contribution in [2.45, 2.75) is 4.90 Å². The van der Waals surface area contributed by atoms with Crippen LogP contribution in [0.15, 0.2) is 65.6 Å². The molecule has 3 N–H and O–H groups in total. The summed E-state index contributed by atoms with van der Waals surface area (Å²) in [7, 11) is 0.304. The van der Waals surface area contributed by atoms with E-state index in [0.29, 0.717) is 17.2 Å². The van der Waals surface area contributed by atoms with E-state index in [4.69, 9.17) is 14.2 Å². The first-order chi connectivity index (χ1) is 15.3. The zero-order valence-electron chi connectivity index (χ0n) is 17.6. The third-order valence-electron chi connectivity index (χ3n) is 4.52. The molecule has 0 heterocycles. The van der Waals surface area contributed by atoms with Crippen molar-refractivity contribution < 1.29 is 32.5 Å². The first-order valence-corrected chi connectivity index (χ1v) is 10.8. The molecule has 0 spiro atoms. The van der Waals surface area contributed by atoms with Gasteiger partial charge in [-0.25, -0.2) is 8.42 Å². The van der Waals surface area contributed by atoms with Crippen LogP contribution >= 0.6 is 0 Å². The summed E-state index contributed by atoms with van der Waals surface area (Å²) in [5.41, 5.74) is 0.397. The second kappa shape index (κ2) is 9.48. The van der Waals surface area contributed by atoms with Gasteiger partial charge in [-0.2, -0.15) is 0 Å². The Hall–Kier alpha value is -3.92. The molecule has 3 aromatic carbocycles. The monoisotopic (exact) mass is 458 g/mol. The van der Waals surface area contributed by atoms with Crippen LogP contribution in [0.5, 0.6) is 23.0 Å². The fourth-order valence-electron chi connectivity index (χ4n) is 2.89. The predicted molar refractivity (Wildman–Crippen MR) is 119 cm³/mol. The van der Waals surface area contributed by atoms with Crippen LogP contribution in [0, 0.1) is 0 Å². The molecule has 0 saturated heterocycles. The number of methoxy groups -OCH3 is 3. The van der Waals surface area contributed by atoms with Crippen molar-refractivity contribution in [1.82, 2.24) is 0 Å². The molecule has 1 amide bonds. The highest BCUT2D eigenvalue weighted by atomic mass is 32.2. The molecular weight excluding hydrogens is 436 g/mol. The summed E-state index contributed by atoms with van der Waals surface area (Å²) in [6.07, 6.45) is 0. The van der Waals surface area contributed by atoms with Gasteiger partial charge in [0.25, 0.3) is 15.9 Å². The second-order valence-electron chi connectivity index (χ2n) is 6.51. The quantitative estimate of drug-likeness (QED) is 0.442. The smallest absolute Gasteiger partial charge is 0.262 e. The number of rotatable bonds is 8. The molecule has 0 radical (unpaired) electrons. The molecule has 0 bridgehead atoms. The number of nitrogens with one attached hydrogen (secondary N) is 2. The summed E-state index contributed by atoms with van der Waals surface area (Å²) < 4.78 is 43.6. The maximum Gasteiger partial charge on any atom is 0.262 e. The summed E-state index contributed by atoms with van der Waals surface area (Å²) in [5, 5.41) is 12.7. The largest absolute Gasteiger partial charge is 0.506 e. The Bertz CT molecular complexity index is 1240. The predicted octanol–water partition coefficient (Wildman–Crippen LogP) is 3.47.